The van der Waals surface area contributed by atoms with Crippen LogP contribution in [0.15, 0.2) is 52.9 Å². The van der Waals surface area contributed by atoms with Crippen LogP contribution < -0.4 is 4.74 Å². The summed E-state index contributed by atoms with van der Waals surface area (Å²) in [7, 11) is 1.58. The van der Waals surface area contributed by atoms with Crippen molar-refractivity contribution in [2.45, 2.75) is 19.8 Å². The molecule has 2 aromatic carbocycles. The first-order valence-electron chi connectivity index (χ1n) is 8.33. The number of ketones is 1. The Hall–Kier alpha value is -3.15. The third-order valence-electron chi connectivity index (χ3n) is 4.41. The maximum atomic E-state index is 12.5. The lowest BCUT2D eigenvalue weighted by Crippen LogP contribution is -2.12. The highest BCUT2D eigenvalue weighted by molar-refractivity contribution is 5.97. The monoisotopic (exact) mass is 353 g/mol. The molecule has 1 unspecified atom stereocenters. The Morgan fingerprint density at radius 3 is 2.58 bits per heavy atom. The van der Waals surface area contributed by atoms with Crippen molar-refractivity contribution < 1.29 is 18.9 Å². The highest BCUT2D eigenvalue weighted by atomic mass is 16.6. The molecule has 0 spiro atoms. The number of benzene rings is 2. The first kappa shape index (κ1) is 17.7. The van der Waals surface area contributed by atoms with Gasteiger partial charge in [0.1, 0.15) is 17.1 Å². The molecule has 26 heavy (non-hydrogen) atoms. The smallest absolute Gasteiger partial charge is 0.270 e. The number of aryl methyl sites for hydroxylation is 1. The van der Waals surface area contributed by atoms with Gasteiger partial charge >= 0.3 is 0 Å². The van der Waals surface area contributed by atoms with E-state index in [0.29, 0.717) is 35.1 Å². The first-order valence-corrected chi connectivity index (χ1v) is 8.33. The number of methoxy groups -OCH3 is 1. The van der Waals surface area contributed by atoms with Crippen molar-refractivity contribution in [3.05, 3.63) is 70.0 Å². The van der Waals surface area contributed by atoms with Gasteiger partial charge in [0.2, 0.25) is 0 Å². The second-order valence-corrected chi connectivity index (χ2v) is 6.22. The highest BCUT2D eigenvalue weighted by Gasteiger charge is 2.17. The number of furan rings is 1. The fraction of sp³-hybridized carbons (Fsp3) is 0.250. The van der Waals surface area contributed by atoms with E-state index in [1.54, 1.807) is 43.5 Å². The minimum atomic E-state index is -0.429. The molecule has 0 fully saturated rings. The Kier molecular flexibility index (Phi) is 5.02. The van der Waals surface area contributed by atoms with E-state index in [-0.39, 0.29) is 17.4 Å². The van der Waals surface area contributed by atoms with Crippen molar-refractivity contribution in [3.8, 4) is 5.75 Å². The summed E-state index contributed by atoms with van der Waals surface area (Å²) in [4.78, 5) is 22.9. The fourth-order valence-corrected chi connectivity index (χ4v) is 2.85. The van der Waals surface area contributed by atoms with E-state index >= 15 is 0 Å². The maximum absolute atomic E-state index is 12.5. The lowest BCUT2D eigenvalue weighted by Gasteiger charge is -2.10. The number of hydrogen-bond donors (Lipinski definition) is 0. The molecule has 6 heteroatoms. The topological polar surface area (TPSA) is 82.6 Å². The van der Waals surface area contributed by atoms with Crippen LogP contribution in [0.1, 0.15) is 29.5 Å². The van der Waals surface area contributed by atoms with E-state index in [4.69, 9.17) is 9.15 Å². The van der Waals surface area contributed by atoms with Gasteiger partial charge in [-0.05, 0) is 42.8 Å². The predicted molar refractivity (Wildman–Crippen MR) is 97.7 cm³/mol. The van der Waals surface area contributed by atoms with Crippen LogP contribution in [0, 0.1) is 16.0 Å². The van der Waals surface area contributed by atoms with E-state index < -0.39 is 4.92 Å². The Balaban J connectivity index is 1.66. The molecule has 0 aliphatic rings. The Labute approximate surface area is 150 Å². The molecule has 1 aromatic heterocycles. The van der Waals surface area contributed by atoms with E-state index in [9.17, 15) is 14.9 Å². The van der Waals surface area contributed by atoms with Crippen LogP contribution in [0.2, 0.25) is 0 Å². The van der Waals surface area contributed by atoms with E-state index in [1.165, 1.54) is 12.1 Å². The summed E-state index contributed by atoms with van der Waals surface area (Å²) in [5, 5.41) is 11.5. The van der Waals surface area contributed by atoms with E-state index in [2.05, 4.69) is 0 Å². The molecule has 6 nitrogen and oxygen atoms in total. The molecule has 3 rings (SSSR count). The van der Waals surface area contributed by atoms with Gasteiger partial charge in [0.15, 0.2) is 5.78 Å². The minimum Gasteiger partial charge on any atom is -0.497 e. The number of Topliss-reactive ketones (excluding diaryl/α,β-unsaturated/α-hetero) is 1. The van der Waals surface area contributed by atoms with Crippen molar-refractivity contribution >= 4 is 22.4 Å². The molecule has 0 N–H and O–H groups in total. The van der Waals surface area contributed by atoms with Gasteiger partial charge in [-0.15, -0.1) is 0 Å². The summed E-state index contributed by atoms with van der Waals surface area (Å²) in [5.41, 5.74) is 1.30. The second kappa shape index (κ2) is 7.39. The molecule has 0 aliphatic carbocycles. The van der Waals surface area contributed by atoms with Gasteiger partial charge < -0.3 is 9.15 Å². The number of non-ortho nitro benzene ring substituents is 1. The summed E-state index contributed by atoms with van der Waals surface area (Å²) in [6.07, 6.45) is 1.22. The van der Waals surface area contributed by atoms with Gasteiger partial charge in [0.25, 0.3) is 5.69 Å². The van der Waals surface area contributed by atoms with Crippen LogP contribution in [0.3, 0.4) is 0 Å². The molecule has 1 heterocycles. The minimum absolute atomic E-state index is 0.0351. The normalized spacial score (nSPS) is 12.1. The Morgan fingerprint density at radius 2 is 1.92 bits per heavy atom. The van der Waals surface area contributed by atoms with Gasteiger partial charge in [-0.1, -0.05) is 6.92 Å². The van der Waals surface area contributed by atoms with Crippen molar-refractivity contribution in [2.75, 3.05) is 7.11 Å². The zero-order valence-corrected chi connectivity index (χ0v) is 14.6. The molecular formula is C20H19NO5. The number of nitrogens with zero attached hydrogens (tertiary/aromatic N) is 1. The van der Waals surface area contributed by atoms with Crippen LogP contribution in [0.4, 0.5) is 5.69 Å². The number of nitro groups is 1. The largest absolute Gasteiger partial charge is 0.497 e. The molecule has 1 atom stereocenters. The average Bonchev–Trinajstić information content (AvgIpc) is 3.07. The predicted octanol–water partition coefficient (Wildman–Crippen LogP) is 4.80. The van der Waals surface area contributed by atoms with Crippen LogP contribution in [-0.2, 0) is 6.42 Å². The molecule has 3 aromatic rings. The first-order chi connectivity index (χ1) is 12.5. The summed E-state index contributed by atoms with van der Waals surface area (Å²) in [6, 6.07) is 13.4. The maximum Gasteiger partial charge on any atom is 0.270 e. The molecule has 0 aliphatic heterocycles. The number of carbonyl (C=O) groups excluding carboxylic acids is 1. The molecule has 0 saturated carbocycles. The van der Waals surface area contributed by atoms with Gasteiger partial charge in [0, 0.05) is 35.4 Å². The molecular weight excluding hydrogens is 334 g/mol. The zero-order valence-electron chi connectivity index (χ0n) is 14.6. The molecule has 0 radical (unpaired) electrons. The van der Waals surface area contributed by atoms with Crippen molar-refractivity contribution in [1.29, 1.82) is 0 Å². The van der Waals surface area contributed by atoms with Crippen molar-refractivity contribution in [3.63, 3.8) is 0 Å². The quantitative estimate of drug-likeness (QED) is 0.346. The van der Waals surface area contributed by atoms with Crippen molar-refractivity contribution in [1.82, 2.24) is 0 Å². The van der Waals surface area contributed by atoms with Crippen LogP contribution in [0.25, 0.3) is 11.0 Å². The van der Waals surface area contributed by atoms with Crippen LogP contribution in [0.5, 0.6) is 5.75 Å². The Bertz CT molecular complexity index is 942. The molecule has 0 saturated heterocycles. The average molecular weight is 353 g/mol. The van der Waals surface area contributed by atoms with Crippen LogP contribution in [-0.4, -0.2) is 17.8 Å². The fourth-order valence-electron chi connectivity index (χ4n) is 2.85. The van der Waals surface area contributed by atoms with Gasteiger partial charge in [-0.3, -0.25) is 14.9 Å². The summed E-state index contributed by atoms with van der Waals surface area (Å²) >= 11 is 0. The lowest BCUT2D eigenvalue weighted by atomic mass is 9.94. The summed E-state index contributed by atoms with van der Waals surface area (Å²) in [5.74, 6) is 1.34. The van der Waals surface area contributed by atoms with E-state index in [0.717, 1.165) is 5.76 Å². The summed E-state index contributed by atoms with van der Waals surface area (Å²) in [6.45, 7) is 1.89. The molecule has 0 amide bonds. The lowest BCUT2D eigenvalue weighted by molar-refractivity contribution is -0.384. The third kappa shape index (κ3) is 3.74. The Morgan fingerprint density at radius 1 is 1.19 bits per heavy atom. The SMILES string of the molecule is COc1ccc(C(=O)C(C)CCc2cc3cc([N+](=O)[O-])ccc3o2)cc1. The standard InChI is InChI=1S/C20H19NO5/c1-13(20(22)14-4-8-17(25-2)9-5-14)3-7-18-12-15-11-16(21(23)24)6-10-19(15)26-18/h4-6,8-13H,3,7H2,1-2H3. The number of carbonyl (C=O) groups is 1. The highest BCUT2D eigenvalue weighted by Crippen LogP contribution is 2.26. The van der Waals surface area contributed by atoms with Gasteiger partial charge in [-0.2, -0.15) is 0 Å². The van der Waals surface area contributed by atoms with Crippen molar-refractivity contribution in [2.24, 2.45) is 5.92 Å². The zero-order chi connectivity index (χ0) is 18.7. The number of rotatable bonds is 7. The number of ether oxygens (including phenoxy) is 1. The number of fused-ring (bicyclic) bond motifs is 1. The van der Waals surface area contributed by atoms with Gasteiger partial charge in [0.05, 0.1) is 12.0 Å². The third-order valence-corrected chi connectivity index (χ3v) is 4.41. The number of nitro benzene ring substituents is 1. The molecule has 134 valence electrons. The van der Waals surface area contributed by atoms with Gasteiger partial charge in [-0.25, -0.2) is 0 Å². The number of hydrogen-bond acceptors (Lipinski definition) is 5. The van der Waals surface area contributed by atoms with Crippen LogP contribution >= 0.6 is 0 Å². The molecule has 0 bridgehead atoms. The van der Waals surface area contributed by atoms with E-state index in [1.807, 2.05) is 6.92 Å². The second-order valence-electron chi connectivity index (χ2n) is 6.22. The summed E-state index contributed by atoms with van der Waals surface area (Å²) < 4.78 is 10.8.